The highest BCUT2D eigenvalue weighted by molar-refractivity contribution is 14.1. The number of benzene rings is 3. The monoisotopic (exact) mass is 762 g/mol. The van der Waals surface area contributed by atoms with E-state index < -0.39 is 40.7 Å². The molecule has 0 amide bonds. The third-order valence-corrected chi connectivity index (χ3v) is 6.36. The first-order valence-electron chi connectivity index (χ1n) is 9.09. The van der Waals surface area contributed by atoms with Crippen LogP contribution in [-0.4, -0.2) is 6.21 Å². The molecule has 0 unspecified atom stereocenters. The maximum Gasteiger partial charge on any atom is 0.422 e. The third kappa shape index (κ3) is 6.43. The van der Waals surface area contributed by atoms with E-state index >= 15 is 0 Å². The molecule has 0 aromatic heterocycles. The van der Waals surface area contributed by atoms with Gasteiger partial charge in [-0.05, 0) is 69.4 Å². The van der Waals surface area contributed by atoms with Crippen molar-refractivity contribution < 1.29 is 35.5 Å². The first-order valence-corrected chi connectivity index (χ1v) is 12.0. The van der Waals surface area contributed by atoms with Gasteiger partial charge < -0.3 is 4.74 Å². The maximum atomic E-state index is 14.1. The molecule has 0 fully saturated rings. The molecule has 1 N–H and O–H groups in total. The van der Waals surface area contributed by atoms with Crippen molar-refractivity contribution in [1.82, 2.24) is 0 Å². The highest BCUT2D eigenvalue weighted by atomic mass is 127. The second-order valence-electron chi connectivity index (χ2n) is 6.70. The number of ether oxygens (including phenoxy) is 1. The summed E-state index contributed by atoms with van der Waals surface area (Å²) < 4.78 is 101. The van der Waals surface area contributed by atoms with Gasteiger partial charge in [-0.25, -0.2) is 17.6 Å². The Labute approximate surface area is 230 Å². The molecule has 0 aliphatic rings. The van der Waals surface area contributed by atoms with Crippen molar-refractivity contribution in [2.24, 2.45) is 5.10 Å². The summed E-state index contributed by atoms with van der Waals surface area (Å²) in [4.78, 5) is 0. The van der Waals surface area contributed by atoms with Gasteiger partial charge in [0.2, 0.25) is 0 Å². The van der Waals surface area contributed by atoms with Crippen LogP contribution in [0.4, 0.5) is 36.4 Å². The van der Waals surface area contributed by atoms with Gasteiger partial charge in [0.25, 0.3) is 0 Å². The molecule has 0 saturated heterocycles. The lowest BCUT2D eigenvalue weighted by Gasteiger charge is -2.14. The molecular formula is C21H9Cl2F7I2N2O. The number of nitrogens with one attached hydrogen (secondary N) is 1. The molecule has 14 heteroatoms. The summed E-state index contributed by atoms with van der Waals surface area (Å²) in [6.07, 6.45) is -4.62. The highest BCUT2D eigenvalue weighted by Crippen LogP contribution is 2.38. The molecule has 0 heterocycles. The second kappa shape index (κ2) is 11.3. The van der Waals surface area contributed by atoms with E-state index in [2.05, 4.69) is 5.10 Å². The lowest BCUT2D eigenvalue weighted by Crippen LogP contribution is -2.16. The van der Waals surface area contributed by atoms with Crippen molar-refractivity contribution in [2.75, 3.05) is 5.43 Å². The topological polar surface area (TPSA) is 33.6 Å². The van der Waals surface area contributed by atoms with Crippen molar-refractivity contribution in [3.63, 3.8) is 0 Å². The highest BCUT2D eigenvalue weighted by Gasteiger charge is 2.42. The average Bonchev–Trinajstić information content (AvgIpc) is 2.74. The van der Waals surface area contributed by atoms with Crippen LogP contribution >= 0.6 is 68.4 Å². The van der Waals surface area contributed by atoms with E-state index in [1.165, 1.54) is 6.07 Å². The SMILES string of the molecule is Fc1c(F)c(C(F)(F)F)c(F)c(F)c1N/N=C/c1cc(I)cc(I)c1OCc1ccc(Cl)cc1Cl. The van der Waals surface area contributed by atoms with E-state index in [0.29, 0.717) is 22.7 Å². The molecule has 0 bridgehead atoms. The van der Waals surface area contributed by atoms with Gasteiger partial charge in [0, 0.05) is 24.7 Å². The summed E-state index contributed by atoms with van der Waals surface area (Å²) in [5.41, 5.74) is -1.59. The Balaban J connectivity index is 1.91. The molecule has 186 valence electrons. The van der Waals surface area contributed by atoms with Crippen molar-refractivity contribution >= 4 is 80.3 Å². The first kappa shape index (κ1) is 28.1. The Morgan fingerprint density at radius 1 is 0.943 bits per heavy atom. The molecule has 0 spiro atoms. The van der Waals surface area contributed by atoms with Gasteiger partial charge in [-0.1, -0.05) is 29.3 Å². The molecule has 3 rings (SSSR count). The van der Waals surface area contributed by atoms with Crippen molar-refractivity contribution in [3.8, 4) is 5.75 Å². The molecular weight excluding hydrogens is 754 g/mol. The van der Waals surface area contributed by atoms with Crippen LogP contribution in [0.5, 0.6) is 5.75 Å². The van der Waals surface area contributed by atoms with Gasteiger partial charge in [0.1, 0.15) is 23.6 Å². The van der Waals surface area contributed by atoms with Crippen LogP contribution in [0.2, 0.25) is 10.0 Å². The van der Waals surface area contributed by atoms with Gasteiger partial charge in [-0.15, -0.1) is 0 Å². The van der Waals surface area contributed by atoms with E-state index in [0.717, 1.165) is 6.21 Å². The van der Waals surface area contributed by atoms with Crippen LogP contribution in [0.3, 0.4) is 0 Å². The minimum Gasteiger partial charge on any atom is -0.487 e. The van der Waals surface area contributed by atoms with E-state index in [1.807, 2.05) is 45.2 Å². The molecule has 0 saturated carbocycles. The van der Waals surface area contributed by atoms with Crippen LogP contribution in [0, 0.1) is 30.4 Å². The minimum absolute atomic E-state index is 0.0133. The Hall–Kier alpha value is -1.52. The number of nitrogens with zero attached hydrogens (tertiary/aromatic N) is 1. The number of alkyl halides is 3. The lowest BCUT2D eigenvalue weighted by molar-refractivity contribution is -0.143. The zero-order valence-corrected chi connectivity index (χ0v) is 22.5. The molecule has 3 aromatic rings. The summed E-state index contributed by atoms with van der Waals surface area (Å²) in [5.74, 6) is -9.46. The Kier molecular flexibility index (Phi) is 9.02. The van der Waals surface area contributed by atoms with Crippen LogP contribution in [-0.2, 0) is 12.8 Å². The predicted molar refractivity (Wildman–Crippen MR) is 135 cm³/mol. The lowest BCUT2D eigenvalue weighted by atomic mass is 10.1. The van der Waals surface area contributed by atoms with Gasteiger partial charge >= 0.3 is 6.18 Å². The van der Waals surface area contributed by atoms with Crippen LogP contribution in [0.15, 0.2) is 35.4 Å². The van der Waals surface area contributed by atoms with E-state index in [-0.39, 0.29) is 17.9 Å². The fourth-order valence-corrected chi connectivity index (χ4v) is 5.27. The van der Waals surface area contributed by atoms with Crippen molar-refractivity contribution in [3.05, 3.63) is 87.5 Å². The number of anilines is 1. The van der Waals surface area contributed by atoms with Crippen LogP contribution in [0.1, 0.15) is 16.7 Å². The minimum atomic E-state index is -5.64. The van der Waals surface area contributed by atoms with E-state index in [1.54, 1.807) is 29.7 Å². The zero-order chi connectivity index (χ0) is 26.1. The third-order valence-electron chi connectivity index (χ3n) is 4.35. The van der Waals surface area contributed by atoms with Gasteiger partial charge in [-0.2, -0.15) is 18.3 Å². The van der Waals surface area contributed by atoms with Gasteiger partial charge in [-0.3, -0.25) is 5.43 Å². The molecule has 0 aliphatic carbocycles. The summed E-state index contributed by atoms with van der Waals surface area (Å²) in [5, 5.41) is 4.32. The Bertz CT molecular complexity index is 1290. The molecule has 3 aromatic carbocycles. The molecule has 3 nitrogen and oxygen atoms in total. The summed E-state index contributed by atoms with van der Waals surface area (Å²) >= 11 is 16.0. The average molecular weight is 763 g/mol. The zero-order valence-electron chi connectivity index (χ0n) is 16.7. The largest absolute Gasteiger partial charge is 0.487 e. The molecule has 0 aliphatic heterocycles. The fraction of sp³-hybridized carbons (Fsp3) is 0.0952. The first-order chi connectivity index (χ1) is 16.3. The van der Waals surface area contributed by atoms with E-state index in [9.17, 15) is 30.7 Å². The standard InChI is InChI=1S/C21H9Cl2F7I2N2O/c22-10-2-1-8(12(23)4-10)7-35-20-9(3-11(31)5-13(20)32)6-33-34-19-17(26)15(24)14(21(28,29)30)16(25)18(19)27/h1-6,34H,7H2/b33-6+. The van der Waals surface area contributed by atoms with Gasteiger partial charge in [0.05, 0.1) is 9.78 Å². The number of hydrogen-bond acceptors (Lipinski definition) is 3. The normalized spacial score (nSPS) is 11.9. The second-order valence-corrected chi connectivity index (χ2v) is 9.96. The molecule has 35 heavy (non-hydrogen) atoms. The van der Waals surface area contributed by atoms with E-state index in [4.69, 9.17) is 27.9 Å². The summed E-state index contributed by atoms with van der Waals surface area (Å²) in [6.45, 7) is 0.0133. The van der Waals surface area contributed by atoms with Crippen molar-refractivity contribution in [2.45, 2.75) is 12.8 Å². The Morgan fingerprint density at radius 2 is 1.57 bits per heavy atom. The van der Waals surface area contributed by atoms with Crippen molar-refractivity contribution in [1.29, 1.82) is 0 Å². The van der Waals surface area contributed by atoms with Crippen LogP contribution < -0.4 is 10.2 Å². The summed E-state index contributed by atoms with van der Waals surface area (Å²) in [7, 11) is 0. The quantitative estimate of drug-likeness (QED) is 0.0896. The number of hydrazone groups is 1. The van der Waals surface area contributed by atoms with Gasteiger partial charge in [0.15, 0.2) is 23.3 Å². The molecule has 0 atom stereocenters. The Morgan fingerprint density at radius 3 is 2.14 bits per heavy atom. The maximum absolute atomic E-state index is 14.1. The number of halogens is 11. The predicted octanol–water partition coefficient (Wildman–Crippen LogP) is 8.80. The number of hydrogen-bond donors (Lipinski definition) is 1. The van der Waals surface area contributed by atoms with Crippen LogP contribution in [0.25, 0.3) is 0 Å². The smallest absolute Gasteiger partial charge is 0.422 e. The fourth-order valence-electron chi connectivity index (χ4n) is 2.76. The summed E-state index contributed by atoms with van der Waals surface area (Å²) in [6, 6.07) is 8.12. The molecule has 0 radical (unpaired) electrons. The number of rotatable bonds is 6.